The second-order valence-electron chi connectivity index (χ2n) is 3.01. The van der Waals surface area contributed by atoms with Crippen molar-refractivity contribution in [2.75, 3.05) is 0 Å². The van der Waals surface area contributed by atoms with Crippen LogP contribution < -0.4 is 4.74 Å². The summed E-state index contributed by atoms with van der Waals surface area (Å²) in [6.45, 7) is 0.102. The monoisotopic (exact) mass is 255 g/mol. The van der Waals surface area contributed by atoms with E-state index in [0.717, 1.165) is 0 Å². The summed E-state index contributed by atoms with van der Waals surface area (Å²) in [5, 5.41) is 14.1. The van der Waals surface area contributed by atoms with Crippen LogP contribution in [0.2, 0.25) is 5.02 Å². The molecule has 0 amide bonds. The van der Waals surface area contributed by atoms with Crippen LogP contribution in [0, 0.1) is 10.1 Å². The van der Waals surface area contributed by atoms with E-state index in [1.807, 2.05) is 0 Å². The molecule has 0 bridgehead atoms. The van der Waals surface area contributed by atoms with Gasteiger partial charge in [-0.15, -0.1) is 0 Å². The Morgan fingerprint density at radius 1 is 1.53 bits per heavy atom. The van der Waals surface area contributed by atoms with E-state index in [1.165, 1.54) is 24.6 Å². The van der Waals surface area contributed by atoms with Crippen LogP contribution in [0.3, 0.4) is 0 Å². The van der Waals surface area contributed by atoms with Gasteiger partial charge in [-0.3, -0.25) is 10.1 Å². The minimum absolute atomic E-state index is 0.0145. The number of aromatic nitrogens is 2. The first kappa shape index (κ1) is 11.3. The van der Waals surface area contributed by atoms with E-state index in [2.05, 4.69) is 14.7 Å². The summed E-state index contributed by atoms with van der Waals surface area (Å²) in [5.41, 5.74) is -0.168. The lowest BCUT2D eigenvalue weighted by Crippen LogP contribution is -1.98. The van der Waals surface area contributed by atoms with Crippen LogP contribution in [0.1, 0.15) is 5.82 Å². The molecular formula is C9H6ClN3O4. The zero-order valence-corrected chi connectivity index (χ0v) is 9.13. The summed E-state index contributed by atoms with van der Waals surface area (Å²) in [7, 11) is 0. The summed E-state index contributed by atoms with van der Waals surface area (Å²) in [4.78, 5) is 13.7. The summed E-state index contributed by atoms with van der Waals surface area (Å²) >= 11 is 5.71. The maximum atomic E-state index is 10.5. The zero-order chi connectivity index (χ0) is 12.3. The largest absolute Gasteiger partial charge is 0.485 e. The van der Waals surface area contributed by atoms with Gasteiger partial charge in [0.2, 0.25) is 12.2 Å². The second-order valence-corrected chi connectivity index (χ2v) is 3.41. The molecule has 0 unspecified atom stereocenters. The molecule has 0 aliphatic rings. The fourth-order valence-corrected chi connectivity index (χ4v) is 1.37. The Balaban J connectivity index is 2.07. The number of nitro groups is 1. The molecule has 1 aromatic heterocycles. The maximum absolute atomic E-state index is 10.5. The molecule has 8 heteroatoms. The number of halogens is 1. The van der Waals surface area contributed by atoms with Crippen molar-refractivity contribution in [1.29, 1.82) is 0 Å². The van der Waals surface area contributed by atoms with Crippen molar-refractivity contribution in [2.45, 2.75) is 6.61 Å². The van der Waals surface area contributed by atoms with E-state index in [9.17, 15) is 10.1 Å². The first-order valence-electron chi connectivity index (χ1n) is 4.49. The second kappa shape index (κ2) is 4.79. The molecule has 0 N–H and O–H groups in total. The number of benzene rings is 1. The molecule has 0 fully saturated rings. The molecule has 0 atom stereocenters. The topological polar surface area (TPSA) is 91.3 Å². The van der Waals surface area contributed by atoms with Crippen LogP contribution in [0.4, 0.5) is 5.69 Å². The highest BCUT2D eigenvalue weighted by Crippen LogP contribution is 2.28. The van der Waals surface area contributed by atoms with Gasteiger partial charge in [-0.1, -0.05) is 16.8 Å². The Bertz CT molecular complexity index is 529. The fourth-order valence-electron chi connectivity index (χ4n) is 1.13. The molecule has 88 valence electrons. The maximum Gasteiger partial charge on any atom is 0.288 e. The van der Waals surface area contributed by atoms with Gasteiger partial charge in [0, 0.05) is 12.1 Å². The first-order chi connectivity index (χ1) is 8.16. The smallest absolute Gasteiger partial charge is 0.288 e. The predicted molar refractivity (Wildman–Crippen MR) is 56.7 cm³/mol. The minimum Gasteiger partial charge on any atom is -0.485 e. The van der Waals surface area contributed by atoms with Gasteiger partial charge >= 0.3 is 0 Å². The minimum atomic E-state index is -0.564. The van der Waals surface area contributed by atoms with Gasteiger partial charge < -0.3 is 9.26 Å². The third kappa shape index (κ3) is 2.70. The number of nitrogens with zero attached hydrogens (tertiary/aromatic N) is 3. The molecule has 0 aliphatic heterocycles. The third-order valence-electron chi connectivity index (χ3n) is 1.89. The average Bonchev–Trinajstić information content (AvgIpc) is 2.78. The lowest BCUT2D eigenvalue weighted by atomic mass is 10.3. The average molecular weight is 256 g/mol. The normalized spacial score (nSPS) is 10.2. The van der Waals surface area contributed by atoms with Gasteiger partial charge in [-0.05, 0) is 6.07 Å². The quantitative estimate of drug-likeness (QED) is 0.614. The van der Waals surface area contributed by atoms with Crippen LogP contribution in [-0.4, -0.2) is 15.1 Å². The lowest BCUT2D eigenvalue weighted by Gasteiger charge is -2.03. The van der Waals surface area contributed by atoms with Crippen molar-refractivity contribution in [1.82, 2.24) is 10.1 Å². The zero-order valence-electron chi connectivity index (χ0n) is 8.37. The van der Waals surface area contributed by atoms with Crippen LogP contribution in [0.25, 0.3) is 0 Å². The van der Waals surface area contributed by atoms with Crippen molar-refractivity contribution in [3.05, 3.63) is 45.6 Å². The fraction of sp³-hybridized carbons (Fsp3) is 0.111. The van der Waals surface area contributed by atoms with Gasteiger partial charge in [0.25, 0.3) is 5.69 Å². The molecule has 2 aromatic rings. The van der Waals surface area contributed by atoms with Crippen molar-refractivity contribution in [3.8, 4) is 5.75 Å². The Morgan fingerprint density at radius 3 is 2.94 bits per heavy atom. The highest BCUT2D eigenvalue weighted by atomic mass is 35.5. The van der Waals surface area contributed by atoms with Crippen LogP contribution in [0.5, 0.6) is 5.75 Å². The molecule has 17 heavy (non-hydrogen) atoms. The molecule has 0 spiro atoms. The summed E-state index contributed by atoms with van der Waals surface area (Å²) in [6.07, 6.45) is 1.18. The SMILES string of the molecule is O=[N+]([O-])c1ccc(OCc2ncon2)cc1Cl. The van der Waals surface area contributed by atoms with E-state index >= 15 is 0 Å². The van der Waals surface area contributed by atoms with Crippen LogP contribution in [0.15, 0.2) is 29.1 Å². The van der Waals surface area contributed by atoms with Gasteiger partial charge in [0.15, 0.2) is 6.61 Å². The third-order valence-corrected chi connectivity index (χ3v) is 2.19. The molecule has 1 heterocycles. The first-order valence-corrected chi connectivity index (χ1v) is 4.86. The van der Waals surface area contributed by atoms with E-state index in [4.69, 9.17) is 16.3 Å². The van der Waals surface area contributed by atoms with E-state index in [0.29, 0.717) is 11.6 Å². The molecule has 7 nitrogen and oxygen atoms in total. The molecule has 1 aromatic carbocycles. The Hall–Kier alpha value is -2.15. The number of hydrogen-bond donors (Lipinski definition) is 0. The number of nitro benzene ring substituents is 1. The Labute approximate surface area is 100 Å². The lowest BCUT2D eigenvalue weighted by molar-refractivity contribution is -0.384. The van der Waals surface area contributed by atoms with E-state index < -0.39 is 4.92 Å². The molecule has 0 saturated carbocycles. The Kier molecular flexibility index (Phi) is 3.20. The highest BCUT2D eigenvalue weighted by molar-refractivity contribution is 6.32. The highest BCUT2D eigenvalue weighted by Gasteiger charge is 2.12. The van der Waals surface area contributed by atoms with Crippen molar-refractivity contribution in [2.24, 2.45) is 0 Å². The van der Waals surface area contributed by atoms with E-state index in [-0.39, 0.29) is 17.3 Å². The molecule has 2 rings (SSSR count). The summed E-state index contributed by atoms with van der Waals surface area (Å²) < 4.78 is 9.79. The van der Waals surface area contributed by atoms with Crippen molar-refractivity contribution >= 4 is 17.3 Å². The van der Waals surface area contributed by atoms with Gasteiger partial charge in [0.05, 0.1) is 4.92 Å². The van der Waals surface area contributed by atoms with Gasteiger partial charge in [0.1, 0.15) is 10.8 Å². The Morgan fingerprint density at radius 2 is 2.35 bits per heavy atom. The van der Waals surface area contributed by atoms with Crippen molar-refractivity contribution in [3.63, 3.8) is 0 Å². The number of rotatable bonds is 4. The number of ether oxygens (including phenoxy) is 1. The van der Waals surface area contributed by atoms with Gasteiger partial charge in [-0.25, -0.2) is 0 Å². The van der Waals surface area contributed by atoms with Crippen molar-refractivity contribution < 1.29 is 14.2 Å². The molecular weight excluding hydrogens is 250 g/mol. The summed E-state index contributed by atoms with van der Waals surface area (Å²) in [6, 6.07) is 4.08. The van der Waals surface area contributed by atoms with Crippen LogP contribution >= 0.6 is 11.6 Å². The molecule has 0 radical (unpaired) electrons. The van der Waals surface area contributed by atoms with Gasteiger partial charge in [-0.2, -0.15) is 4.98 Å². The standard InChI is InChI=1S/C9H6ClN3O4/c10-7-3-6(1-2-8(7)13(14)15)16-4-9-11-5-17-12-9/h1-3,5H,4H2. The summed E-state index contributed by atoms with van der Waals surface area (Å²) in [5.74, 6) is 0.768. The van der Waals surface area contributed by atoms with Crippen LogP contribution in [-0.2, 0) is 6.61 Å². The predicted octanol–water partition coefficient (Wildman–Crippen LogP) is 2.21. The molecule has 0 aliphatic carbocycles. The van der Waals surface area contributed by atoms with E-state index in [1.54, 1.807) is 0 Å². The number of hydrogen-bond acceptors (Lipinski definition) is 6. The molecule has 0 saturated heterocycles.